The molecule has 0 amide bonds. The fraction of sp³-hybridized carbons (Fsp3) is 0. The summed E-state index contributed by atoms with van der Waals surface area (Å²) in [6, 6.07) is 16.9. The van der Waals surface area contributed by atoms with Gasteiger partial charge in [-0.05, 0) is 0 Å². The summed E-state index contributed by atoms with van der Waals surface area (Å²) < 4.78 is 3.33. The van der Waals surface area contributed by atoms with Gasteiger partial charge in [-0.1, -0.05) is 0 Å². The Balaban J connectivity index is 0.00000108. The van der Waals surface area contributed by atoms with Crippen molar-refractivity contribution in [1.82, 2.24) is 0 Å². The van der Waals surface area contributed by atoms with Crippen molar-refractivity contribution >= 4 is 39.3 Å². The second-order valence-corrected chi connectivity index (χ2v) is 5.17. The molecule has 0 spiro atoms. The number of halogens is 1. The van der Waals surface area contributed by atoms with Gasteiger partial charge in [0.15, 0.2) is 0 Å². The molecule has 103 valence electrons. The summed E-state index contributed by atoms with van der Waals surface area (Å²) in [5, 5.41) is 0. The molecule has 2 atom stereocenters. The van der Waals surface area contributed by atoms with E-state index in [1.165, 1.54) is 27.8 Å². The minimum absolute atomic E-state index is 0. The van der Waals surface area contributed by atoms with Crippen molar-refractivity contribution in [2.24, 2.45) is 0 Å². The van der Waals surface area contributed by atoms with Crippen LogP contribution in [0.5, 0.6) is 0 Å². The van der Waals surface area contributed by atoms with E-state index >= 15 is 0 Å². The van der Waals surface area contributed by atoms with Crippen molar-refractivity contribution in [3.63, 3.8) is 0 Å². The van der Waals surface area contributed by atoms with Crippen molar-refractivity contribution < 1.29 is 15.7 Å². The molecule has 0 fully saturated rings. The van der Waals surface area contributed by atoms with Gasteiger partial charge < -0.3 is 7.43 Å². The maximum atomic E-state index is 5.87. The summed E-state index contributed by atoms with van der Waals surface area (Å²) >= 11 is -0.309. The van der Waals surface area contributed by atoms with Crippen LogP contribution in [-0.4, -0.2) is 4.26 Å². The Labute approximate surface area is 133 Å². The van der Waals surface area contributed by atoms with Crippen LogP contribution in [-0.2, 0) is 15.7 Å². The molecule has 4 heteroatoms. The van der Waals surface area contributed by atoms with E-state index in [0.29, 0.717) is 0 Å². The second-order valence-electron chi connectivity index (χ2n) is 3.62. The van der Waals surface area contributed by atoms with Crippen LogP contribution >= 0.6 is 29.5 Å². The molecule has 3 rings (SSSR count). The van der Waals surface area contributed by atoms with Crippen LogP contribution in [0.1, 0.15) is 11.1 Å². The molecule has 0 aromatic heterocycles. The normalized spacial score (nSPS) is 10.1. The standard InChI is InChI=1S/C14H8.CH3.ClH.2H3P.Ru/c1-10-11-6-2-4-8-13(11)14-9-5-3-7-12(10)14;;;;;/h2-9H;1H3;1H;2*1H3;/q;-1;;;;+1/p-1. The molecule has 2 aromatic carbocycles. The van der Waals surface area contributed by atoms with Crippen LogP contribution in [0.2, 0.25) is 0 Å². The number of hydrogen-bond acceptors (Lipinski definition) is 0. The van der Waals surface area contributed by atoms with Gasteiger partial charge in [0.1, 0.15) is 0 Å². The van der Waals surface area contributed by atoms with Crippen LogP contribution in [0.3, 0.4) is 0 Å². The van der Waals surface area contributed by atoms with Crippen LogP contribution in [0, 0.1) is 7.43 Å². The third-order valence-corrected chi connectivity index (χ3v) is 3.80. The molecule has 0 nitrogen and oxygen atoms in total. The number of rotatable bonds is 0. The Bertz CT molecular complexity index is 584. The van der Waals surface area contributed by atoms with Gasteiger partial charge in [0.2, 0.25) is 0 Å². The molecule has 0 saturated heterocycles. The maximum absolute atomic E-state index is 5.87. The monoisotopic (exact) mass is 396 g/mol. The Morgan fingerprint density at radius 2 is 1.11 bits per heavy atom. The molecule has 0 heterocycles. The van der Waals surface area contributed by atoms with E-state index in [1.807, 2.05) is 0 Å². The van der Waals surface area contributed by atoms with Crippen LogP contribution < -0.4 is 0 Å². The van der Waals surface area contributed by atoms with E-state index < -0.39 is 0 Å². The first-order chi connectivity index (χ1) is 7.92. The van der Waals surface area contributed by atoms with Gasteiger partial charge in [-0.3, -0.25) is 0 Å². The fourth-order valence-corrected chi connectivity index (χ4v) is 3.17. The number of hydrogen-bond donors (Lipinski definition) is 0. The van der Waals surface area contributed by atoms with Crippen LogP contribution in [0.4, 0.5) is 0 Å². The first-order valence-corrected chi connectivity index (χ1v) is 8.07. The van der Waals surface area contributed by atoms with Gasteiger partial charge in [0.25, 0.3) is 0 Å². The zero-order valence-electron chi connectivity index (χ0n) is 10.8. The van der Waals surface area contributed by atoms with Gasteiger partial charge in [-0.15, -0.1) is 0 Å². The fourth-order valence-electron chi connectivity index (χ4n) is 2.15. The van der Waals surface area contributed by atoms with Crippen molar-refractivity contribution in [2.75, 3.05) is 0 Å². The summed E-state index contributed by atoms with van der Waals surface area (Å²) in [6.45, 7) is 0. The Morgan fingerprint density at radius 1 is 0.737 bits per heavy atom. The van der Waals surface area contributed by atoms with Crippen molar-refractivity contribution in [3.8, 4) is 11.1 Å². The van der Waals surface area contributed by atoms with E-state index in [1.54, 1.807) is 0 Å². The van der Waals surface area contributed by atoms with Gasteiger partial charge in [-0.2, -0.15) is 19.8 Å². The minimum atomic E-state index is -0.309. The average molecular weight is 396 g/mol. The summed E-state index contributed by atoms with van der Waals surface area (Å²) in [4.78, 5) is 0. The third kappa shape index (κ3) is 3.31. The molecular weight excluding hydrogens is 379 g/mol. The molecule has 0 aliphatic heterocycles. The van der Waals surface area contributed by atoms with Crippen molar-refractivity contribution in [2.45, 2.75) is 0 Å². The molecule has 2 aromatic rings. The number of benzene rings is 2. The Morgan fingerprint density at radius 3 is 1.47 bits per heavy atom. The SMILES string of the molecule is P.P.[CH3-].[Cl][Ru]=[C]=C1c2ccccc2-c2ccccc21. The van der Waals surface area contributed by atoms with E-state index in [2.05, 4.69) is 52.8 Å². The van der Waals surface area contributed by atoms with Gasteiger partial charge >= 0.3 is 106 Å². The molecule has 0 N–H and O–H groups in total. The van der Waals surface area contributed by atoms with Crippen LogP contribution in [0.15, 0.2) is 48.5 Å². The van der Waals surface area contributed by atoms with E-state index in [4.69, 9.17) is 9.69 Å². The van der Waals surface area contributed by atoms with Crippen molar-refractivity contribution in [1.29, 1.82) is 0 Å². The molecule has 2 unspecified atom stereocenters. The van der Waals surface area contributed by atoms with Gasteiger partial charge in [0, 0.05) is 0 Å². The Kier molecular flexibility index (Phi) is 8.16. The van der Waals surface area contributed by atoms with Gasteiger partial charge in [-0.25, -0.2) is 0 Å². The topological polar surface area (TPSA) is 0 Å². The Hall–Kier alpha value is -0.137. The van der Waals surface area contributed by atoms with Crippen LogP contribution in [0.25, 0.3) is 16.7 Å². The van der Waals surface area contributed by atoms with E-state index in [0.717, 1.165) is 0 Å². The summed E-state index contributed by atoms with van der Waals surface area (Å²) in [5.74, 6) is 0. The molecule has 0 radical (unpaired) electrons. The molecule has 1 aliphatic carbocycles. The number of fused-ring (bicyclic) bond motifs is 3. The summed E-state index contributed by atoms with van der Waals surface area (Å²) in [5.41, 5.74) is 6.30. The quantitative estimate of drug-likeness (QED) is 0.302. The first kappa shape index (κ1) is 18.9. The first-order valence-electron chi connectivity index (χ1n) is 4.97. The predicted molar refractivity (Wildman–Crippen MR) is 93.9 cm³/mol. The zero-order valence-corrected chi connectivity index (χ0v) is 16.1. The van der Waals surface area contributed by atoms with Crippen molar-refractivity contribution in [3.05, 3.63) is 67.1 Å². The molecule has 19 heavy (non-hydrogen) atoms. The zero-order chi connectivity index (χ0) is 11.0. The third-order valence-electron chi connectivity index (χ3n) is 2.80. The summed E-state index contributed by atoms with van der Waals surface area (Å²) in [6.07, 6.45) is 0. The van der Waals surface area contributed by atoms with Gasteiger partial charge in [0.05, 0.1) is 0 Å². The molecular formula is C15H17ClP2Ru-. The summed E-state index contributed by atoms with van der Waals surface area (Å²) in [7, 11) is 5.87. The molecule has 0 saturated carbocycles. The van der Waals surface area contributed by atoms with E-state index in [9.17, 15) is 0 Å². The molecule has 1 aliphatic rings. The average Bonchev–Trinajstić information content (AvgIpc) is 2.66. The van der Waals surface area contributed by atoms with E-state index in [-0.39, 0.29) is 42.9 Å². The second kappa shape index (κ2) is 8.22. The molecule has 0 bridgehead atoms. The predicted octanol–water partition coefficient (Wildman–Crippen LogP) is 4.30.